The fraction of sp³-hybridized carbons (Fsp3) is 0.500. The summed E-state index contributed by atoms with van der Waals surface area (Å²) in [5, 5.41) is 0.981. The molecule has 0 saturated heterocycles. The average molecular weight is 155 g/mol. The molecule has 0 fully saturated rings. The highest BCUT2D eigenvalue weighted by Gasteiger charge is 1.92. The highest BCUT2D eigenvalue weighted by atomic mass is 35.7. The lowest BCUT2D eigenvalue weighted by Gasteiger charge is -1.77. The van der Waals surface area contributed by atoms with Crippen LogP contribution in [0, 0.1) is 0 Å². The molecule has 4 heteroatoms. The first-order valence-electron chi connectivity index (χ1n) is 2.17. The Kier molecular flexibility index (Phi) is 3.09. The minimum Gasteiger partial charge on any atom is -0.208 e. The van der Waals surface area contributed by atoms with Gasteiger partial charge in [-0.25, -0.2) is 8.42 Å². The van der Waals surface area contributed by atoms with Crippen molar-refractivity contribution in [2.75, 3.05) is 0 Å². The molecule has 0 bridgehead atoms. The molecular weight excluding hydrogens is 148 g/mol. The molecule has 2 nitrogen and oxygen atoms in total. The second-order valence-corrected chi connectivity index (χ2v) is 3.77. The third-order valence-electron chi connectivity index (χ3n) is 0.494. The summed E-state index contributed by atoms with van der Waals surface area (Å²) in [6.07, 6.45) is 2.17. The van der Waals surface area contributed by atoms with E-state index in [9.17, 15) is 8.42 Å². The zero-order valence-electron chi connectivity index (χ0n) is 4.46. The van der Waals surface area contributed by atoms with E-state index >= 15 is 0 Å². The lowest BCUT2D eigenvalue weighted by Crippen LogP contribution is -1.77. The van der Waals surface area contributed by atoms with Gasteiger partial charge in [0.25, 0.3) is 9.05 Å². The van der Waals surface area contributed by atoms with Crippen LogP contribution in [0.4, 0.5) is 0 Å². The quantitative estimate of drug-likeness (QED) is 0.565. The summed E-state index contributed by atoms with van der Waals surface area (Å²) < 4.78 is 20.1. The summed E-state index contributed by atoms with van der Waals surface area (Å²) in [5.41, 5.74) is 0. The van der Waals surface area contributed by atoms with E-state index in [0.29, 0.717) is 6.42 Å². The Hall–Kier alpha value is -0.0200. The Morgan fingerprint density at radius 2 is 2.12 bits per heavy atom. The van der Waals surface area contributed by atoms with Gasteiger partial charge in [-0.05, 0) is 6.42 Å². The van der Waals surface area contributed by atoms with Crippen molar-refractivity contribution < 1.29 is 8.42 Å². The molecule has 0 aliphatic carbocycles. The summed E-state index contributed by atoms with van der Waals surface area (Å²) in [6, 6.07) is 0. The van der Waals surface area contributed by atoms with Crippen molar-refractivity contribution in [1.82, 2.24) is 0 Å². The number of rotatable bonds is 2. The van der Waals surface area contributed by atoms with Crippen molar-refractivity contribution >= 4 is 19.7 Å². The predicted octanol–water partition coefficient (Wildman–Crippen LogP) is 1.48. The van der Waals surface area contributed by atoms with Gasteiger partial charge in [0.1, 0.15) is 0 Å². The van der Waals surface area contributed by atoms with Crippen LogP contribution in [0.15, 0.2) is 11.5 Å². The zero-order chi connectivity index (χ0) is 6.62. The molecule has 48 valence electrons. The van der Waals surface area contributed by atoms with E-state index in [2.05, 4.69) is 0 Å². The Bertz CT molecular complexity index is 168. The van der Waals surface area contributed by atoms with E-state index in [1.54, 1.807) is 0 Å². The van der Waals surface area contributed by atoms with E-state index in [4.69, 9.17) is 10.7 Å². The fourth-order valence-corrected chi connectivity index (χ4v) is 0.852. The van der Waals surface area contributed by atoms with Crippen molar-refractivity contribution in [1.29, 1.82) is 0 Å². The molecule has 0 saturated carbocycles. The maximum Gasteiger partial charge on any atom is 0.254 e. The van der Waals surface area contributed by atoms with Crippen molar-refractivity contribution in [3.63, 3.8) is 0 Å². The maximum absolute atomic E-state index is 10.1. The van der Waals surface area contributed by atoms with Gasteiger partial charge in [-0.2, -0.15) is 0 Å². The Labute approximate surface area is 53.6 Å². The number of allylic oxidation sites excluding steroid dienone is 1. The summed E-state index contributed by atoms with van der Waals surface area (Å²) in [7, 11) is 1.40. The summed E-state index contributed by atoms with van der Waals surface area (Å²) in [4.78, 5) is 0. The zero-order valence-corrected chi connectivity index (χ0v) is 6.04. The Balaban J connectivity index is 3.92. The summed E-state index contributed by atoms with van der Waals surface area (Å²) in [5.74, 6) is 0. The largest absolute Gasteiger partial charge is 0.254 e. The molecule has 0 aliphatic rings. The first-order chi connectivity index (χ1) is 3.56. The van der Waals surface area contributed by atoms with Gasteiger partial charge < -0.3 is 0 Å². The van der Waals surface area contributed by atoms with Crippen molar-refractivity contribution in [3.05, 3.63) is 11.5 Å². The number of hydrogen-bond donors (Lipinski definition) is 0. The molecule has 0 rings (SSSR count). The van der Waals surface area contributed by atoms with Crippen molar-refractivity contribution in [3.8, 4) is 0 Å². The molecule has 0 amide bonds. The molecule has 0 atom stereocenters. The molecule has 0 heterocycles. The summed E-state index contributed by atoms with van der Waals surface area (Å²) in [6.45, 7) is 1.83. The van der Waals surface area contributed by atoms with Gasteiger partial charge in [-0.3, -0.25) is 0 Å². The Morgan fingerprint density at radius 1 is 1.62 bits per heavy atom. The van der Waals surface area contributed by atoms with Gasteiger partial charge >= 0.3 is 0 Å². The third-order valence-corrected chi connectivity index (χ3v) is 1.32. The molecule has 0 aromatic carbocycles. The molecule has 0 N–H and O–H groups in total. The number of hydrogen-bond acceptors (Lipinski definition) is 2. The van der Waals surface area contributed by atoms with Gasteiger partial charge in [0.15, 0.2) is 0 Å². The SMILES string of the molecule is CC/C=C/S(=O)(=O)Cl. The smallest absolute Gasteiger partial charge is 0.208 e. The molecule has 0 aliphatic heterocycles. The molecule has 0 unspecified atom stereocenters. The third kappa shape index (κ3) is 5.98. The van der Waals surface area contributed by atoms with Crippen LogP contribution in [0.2, 0.25) is 0 Å². The van der Waals surface area contributed by atoms with Gasteiger partial charge in [0, 0.05) is 16.1 Å². The van der Waals surface area contributed by atoms with Crippen molar-refractivity contribution in [2.24, 2.45) is 0 Å². The fourth-order valence-electron chi connectivity index (χ4n) is 0.211. The van der Waals surface area contributed by atoms with Crippen LogP contribution in [0.3, 0.4) is 0 Å². The van der Waals surface area contributed by atoms with Crippen LogP contribution in [0.25, 0.3) is 0 Å². The van der Waals surface area contributed by atoms with Crippen LogP contribution in [-0.4, -0.2) is 8.42 Å². The minimum atomic E-state index is -3.39. The van der Waals surface area contributed by atoms with E-state index in [0.717, 1.165) is 5.41 Å². The second kappa shape index (κ2) is 3.10. The Morgan fingerprint density at radius 3 is 2.25 bits per heavy atom. The molecule has 0 spiro atoms. The topological polar surface area (TPSA) is 34.1 Å². The maximum atomic E-state index is 10.1. The summed E-state index contributed by atoms with van der Waals surface area (Å²) >= 11 is 0. The minimum absolute atomic E-state index is 0.686. The van der Waals surface area contributed by atoms with Gasteiger partial charge in [0.05, 0.1) is 0 Å². The predicted molar refractivity (Wildman–Crippen MR) is 34.2 cm³/mol. The lowest BCUT2D eigenvalue weighted by atomic mass is 10.5. The normalized spacial score (nSPS) is 12.8. The van der Waals surface area contributed by atoms with Crippen LogP contribution < -0.4 is 0 Å². The number of halogens is 1. The standard InChI is InChI=1S/C4H7ClO2S/c1-2-3-4-8(5,6)7/h3-4H,2H2,1H3/b4-3+. The second-order valence-electron chi connectivity index (χ2n) is 1.26. The first-order valence-corrected chi connectivity index (χ1v) is 4.54. The average Bonchev–Trinajstić information content (AvgIpc) is 1.59. The lowest BCUT2D eigenvalue weighted by molar-refractivity contribution is 0.617. The van der Waals surface area contributed by atoms with Gasteiger partial charge in [0.2, 0.25) is 0 Å². The van der Waals surface area contributed by atoms with E-state index in [1.165, 1.54) is 6.08 Å². The first kappa shape index (κ1) is 7.98. The van der Waals surface area contributed by atoms with Crippen LogP contribution >= 0.6 is 10.7 Å². The molecule has 0 radical (unpaired) electrons. The molecule has 0 aromatic rings. The van der Waals surface area contributed by atoms with Crippen LogP contribution in [0.5, 0.6) is 0 Å². The molecule has 8 heavy (non-hydrogen) atoms. The van der Waals surface area contributed by atoms with Gasteiger partial charge in [-0.1, -0.05) is 13.0 Å². The van der Waals surface area contributed by atoms with Gasteiger partial charge in [-0.15, -0.1) is 0 Å². The highest BCUT2D eigenvalue weighted by molar-refractivity contribution is 8.16. The van der Waals surface area contributed by atoms with E-state index < -0.39 is 9.05 Å². The van der Waals surface area contributed by atoms with E-state index in [-0.39, 0.29) is 0 Å². The van der Waals surface area contributed by atoms with E-state index in [1.807, 2.05) is 6.92 Å². The highest BCUT2D eigenvalue weighted by Crippen LogP contribution is 1.97. The monoisotopic (exact) mass is 154 g/mol. The van der Waals surface area contributed by atoms with Crippen LogP contribution in [0.1, 0.15) is 13.3 Å². The van der Waals surface area contributed by atoms with Crippen LogP contribution in [-0.2, 0) is 9.05 Å². The van der Waals surface area contributed by atoms with Crippen molar-refractivity contribution in [2.45, 2.75) is 13.3 Å². The molecule has 0 aromatic heterocycles. The molecular formula is C4H7ClO2S.